The van der Waals surface area contributed by atoms with Gasteiger partial charge in [0.25, 0.3) is 0 Å². The van der Waals surface area contributed by atoms with Crippen LogP contribution in [-0.4, -0.2) is 17.2 Å². The number of allylic oxidation sites excluding steroid dienone is 1. The fraction of sp³-hybridized carbons (Fsp3) is 0.167. The Morgan fingerprint density at radius 2 is 1.67 bits per heavy atom. The van der Waals surface area contributed by atoms with E-state index in [0.29, 0.717) is 5.56 Å². The summed E-state index contributed by atoms with van der Waals surface area (Å²) < 4.78 is 1.86. The second kappa shape index (κ2) is 7.19. The van der Waals surface area contributed by atoms with E-state index >= 15 is 0 Å². The molecular weight excluding hydrogens is 393 g/mol. The van der Waals surface area contributed by atoms with Crippen LogP contribution >= 0.6 is 18.6 Å². The molecule has 0 bridgehead atoms. The molecule has 0 saturated carbocycles. The van der Waals surface area contributed by atoms with Gasteiger partial charge >= 0.3 is 159 Å². The van der Waals surface area contributed by atoms with E-state index in [1.165, 1.54) is 11.1 Å². The van der Waals surface area contributed by atoms with E-state index in [1.54, 1.807) is 0 Å². The fourth-order valence-electron chi connectivity index (χ4n) is 3.27. The van der Waals surface area contributed by atoms with Crippen molar-refractivity contribution in [3.63, 3.8) is 0 Å². The molecule has 2 nitrogen and oxygen atoms in total. The van der Waals surface area contributed by atoms with Crippen LogP contribution in [0.2, 0.25) is 13.1 Å². The van der Waals surface area contributed by atoms with Crippen LogP contribution in [0, 0.1) is 0 Å². The van der Waals surface area contributed by atoms with Gasteiger partial charge in [-0.25, -0.2) is 0 Å². The summed E-state index contributed by atoms with van der Waals surface area (Å²) in [7, 11) is 10.6. The first kappa shape index (κ1) is 18.0. The Kier molecular flexibility index (Phi) is 5.38. The Balaban J connectivity index is 1.99. The van der Waals surface area contributed by atoms with E-state index in [4.69, 9.17) is 18.6 Å². The van der Waals surface area contributed by atoms with Gasteiger partial charge in [0.2, 0.25) is 0 Å². The van der Waals surface area contributed by atoms with Gasteiger partial charge in [0.1, 0.15) is 0 Å². The Morgan fingerprint density at radius 3 is 2.33 bits per heavy atom. The fourth-order valence-corrected chi connectivity index (χ4v) is 15.4. The summed E-state index contributed by atoms with van der Waals surface area (Å²) in [5, 5.41) is 0. The van der Waals surface area contributed by atoms with Gasteiger partial charge in [-0.3, -0.25) is 0 Å². The number of halogens is 2. The molecule has 2 aromatic carbocycles. The van der Waals surface area contributed by atoms with Gasteiger partial charge in [0.05, 0.1) is 0 Å². The van der Waals surface area contributed by atoms with Crippen LogP contribution in [-0.2, 0) is 16.0 Å². The molecule has 0 spiro atoms. The average molecular weight is 411 g/mol. The second-order valence-corrected chi connectivity index (χ2v) is 16.6. The van der Waals surface area contributed by atoms with Gasteiger partial charge in [-0.1, -0.05) is 0 Å². The molecule has 1 atom stereocenters. The molecule has 0 radical (unpaired) electrons. The topological polar surface area (TPSA) is 20.3 Å². The van der Waals surface area contributed by atoms with Gasteiger partial charge in [-0.05, 0) is 0 Å². The number of amides is 1. The average Bonchev–Trinajstić information content (AvgIpc) is 3.00. The molecule has 0 saturated heterocycles. The molecule has 6 heteroatoms. The summed E-state index contributed by atoms with van der Waals surface area (Å²) in [6.45, 7) is 4.37. The van der Waals surface area contributed by atoms with Crippen LogP contribution in [0.25, 0.3) is 6.08 Å². The summed E-state index contributed by atoms with van der Waals surface area (Å²) in [6.07, 6.45) is 4.35. The van der Waals surface area contributed by atoms with Crippen molar-refractivity contribution in [3.05, 3.63) is 77.4 Å². The van der Waals surface area contributed by atoms with Gasteiger partial charge < -0.3 is 0 Å². The van der Waals surface area contributed by atoms with E-state index < -0.39 is 24.2 Å². The van der Waals surface area contributed by atoms with E-state index in [1.807, 2.05) is 45.5 Å². The van der Waals surface area contributed by atoms with Crippen molar-refractivity contribution >= 4 is 38.8 Å². The molecule has 2 aromatic rings. The molecule has 0 aromatic heterocycles. The quantitative estimate of drug-likeness (QED) is 0.607. The molecule has 3 rings (SSSR count). The van der Waals surface area contributed by atoms with Crippen molar-refractivity contribution in [1.82, 2.24) is 3.05 Å². The molecule has 24 heavy (non-hydrogen) atoms. The zero-order valence-corrected chi connectivity index (χ0v) is 17.6. The summed E-state index contributed by atoms with van der Waals surface area (Å²) in [5.74, 6) is -0.0370. The normalized spacial score (nSPS) is 15.9. The number of fused-ring (bicyclic) bond motifs is 1. The van der Waals surface area contributed by atoms with Crippen LogP contribution < -0.4 is 0 Å². The molecule has 1 amide bonds. The van der Waals surface area contributed by atoms with Gasteiger partial charge in [-0.2, -0.15) is 0 Å². The third-order valence-corrected chi connectivity index (χ3v) is 14.9. The molecule has 0 N–H and O–H groups in total. The summed E-state index contributed by atoms with van der Waals surface area (Å²) >= 11 is -2.65. The predicted molar refractivity (Wildman–Crippen MR) is 100 cm³/mol. The first-order valence-electron chi connectivity index (χ1n) is 7.77. The minimum atomic E-state index is -2.65. The number of carbonyl (C=O) groups is 1. The molecule has 0 fully saturated rings. The maximum atomic E-state index is 13.1. The number of nitrogens with zero attached hydrogens (tertiary/aromatic N) is 1. The minimum absolute atomic E-state index is 0.0370. The van der Waals surface area contributed by atoms with E-state index in [-0.39, 0.29) is 11.4 Å². The maximum absolute atomic E-state index is 13.1. The van der Waals surface area contributed by atoms with Crippen molar-refractivity contribution < 1.29 is 20.8 Å². The molecule has 0 heterocycles. The Labute approximate surface area is 158 Å². The monoisotopic (exact) mass is 410 g/mol. The third-order valence-electron chi connectivity index (χ3n) is 4.53. The van der Waals surface area contributed by atoms with Gasteiger partial charge in [0.15, 0.2) is 0 Å². The van der Waals surface area contributed by atoms with Crippen molar-refractivity contribution in [1.29, 1.82) is 0 Å². The Morgan fingerprint density at radius 1 is 1.04 bits per heavy atom. The molecule has 1 unspecified atom stereocenters. The summed E-state index contributed by atoms with van der Waals surface area (Å²) in [5.41, 5.74) is 3.36. The summed E-state index contributed by atoms with van der Waals surface area (Å²) in [4.78, 5) is 13.1. The Bertz CT molecular complexity index is 780. The van der Waals surface area contributed by atoms with E-state index in [9.17, 15) is 4.79 Å². The molecule has 1 aliphatic carbocycles. The first-order valence-corrected chi connectivity index (χ1v) is 15.8. The van der Waals surface area contributed by atoms with Crippen LogP contribution in [0.3, 0.4) is 0 Å². The van der Waals surface area contributed by atoms with E-state index in [2.05, 4.69) is 37.4 Å². The zero-order chi connectivity index (χ0) is 17.3. The summed E-state index contributed by atoms with van der Waals surface area (Å²) in [6, 6.07) is 17.6. The van der Waals surface area contributed by atoms with Crippen molar-refractivity contribution in [2.24, 2.45) is 0 Å². The number of benzene rings is 2. The van der Waals surface area contributed by atoms with Crippen LogP contribution in [0.5, 0.6) is 0 Å². The van der Waals surface area contributed by atoms with Crippen LogP contribution in [0.15, 0.2) is 60.7 Å². The van der Waals surface area contributed by atoms with Crippen molar-refractivity contribution in [2.45, 2.75) is 18.6 Å². The molecular formula is C18H18Cl2NOSiTi. The SMILES string of the molecule is C[Si](C)(C1C=Cc2ccccc21)[N](C(=O)c1ccccc1)[Ti]([Cl])[Cl]. The number of hydrogen-bond donors (Lipinski definition) is 0. The van der Waals surface area contributed by atoms with Crippen molar-refractivity contribution in [2.75, 3.05) is 0 Å². The van der Waals surface area contributed by atoms with Gasteiger partial charge in [0, 0.05) is 0 Å². The number of hydrogen-bond acceptors (Lipinski definition) is 1. The van der Waals surface area contributed by atoms with Crippen molar-refractivity contribution in [3.8, 4) is 0 Å². The van der Waals surface area contributed by atoms with E-state index in [0.717, 1.165) is 0 Å². The molecule has 0 aliphatic heterocycles. The number of carbonyl (C=O) groups excluding carboxylic acids is 1. The molecule has 1 aliphatic rings. The zero-order valence-electron chi connectivity index (χ0n) is 13.5. The van der Waals surface area contributed by atoms with Gasteiger partial charge in [-0.15, -0.1) is 0 Å². The van der Waals surface area contributed by atoms with Crippen LogP contribution in [0.4, 0.5) is 0 Å². The van der Waals surface area contributed by atoms with Crippen LogP contribution in [0.1, 0.15) is 27.0 Å². The first-order chi connectivity index (χ1) is 11.4. The predicted octanol–water partition coefficient (Wildman–Crippen LogP) is 5.52. The standard InChI is InChI=1S/C18H19NOSi.2ClH.Ti/c1-21(2,19-18(20)15-9-4-3-5-10-15)17-13-12-14-8-6-7-11-16(14)17;;;/h3-13,17H,1-2H3,(H,19,20);2*1H;/q;;;+3/p-3. The molecule has 123 valence electrons. The third kappa shape index (κ3) is 3.29. The number of rotatable bonds is 4. The second-order valence-electron chi connectivity index (χ2n) is 6.37. The Hall–Kier alpha value is -0.839.